The third kappa shape index (κ3) is 3.49. The molecule has 1 aliphatic rings. The minimum atomic E-state index is -0.00548. The van der Waals surface area contributed by atoms with Gasteiger partial charge in [-0.3, -0.25) is 4.79 Å². The lowest BCUT2D eigenvalue weighted by Gasteiger charge is -2.30. The van der Waals surface area contributed by atoms with Crippen LogP contribution < -0.4 is 10.6 Å². The van der Waals surface area contributed by atoms with Gasteiger partial charge in [0, 0.05) is 18.3 Å². The Hall–Kier alpha value is -1.51. The largest absolute Gasteiger partial charge is 0.382 e. The quantitative estimate of drug-likeness (QED) is 0.798. The maximum Gasteiger partial charge on any atom is 0.227 e. The summed E-state index contributed by atoms with van der Waals surface area (Å²) >= 11 is 0. The monoisotopic (exact) mass is 260 g/mol. The fraction of sp³-hybridized carbons (Fsp3) is 0.562. The van der Waals surface area contributed by atoms with Crippen molar-refractivity contribution >= 4 is 11.6 Å². The topological polar surface area (TPSA) is 41.1 Å². The van der Waals surface area contributed by atoms with E-state index >= 15 is 0 Å². The van der Waals surface area contributed by atoms with Crippen LogP contribution in [0.2, 0.25) is 0 Å². The lowest BCUT2D eigenvalue weighted by atomic mass is 9.87. The highest BCUT2D eigenvalue weighted by atomic mass is 16.1. The Bertz CT molecular complexity index is 431. The average Bonchev–Trinajstić information content (AvgIpc) is 2.42. The number of carbonyl (C=O) groups excluding carboxylic acids is 1. The molecule has 1 aromatic carbocycles. The third-order valence-electron chi connectivity index (χ3n) is 3.72. The summed E-state index contributed by atoms with van der Waals surface area (Å²) in [5.41, 5.74) is 2.24. The highest BCUT2D eigenvalue weighted by Crippen LogP contribution is 2.33. The number of unbranched alkanes of at least 4 members (excludes halogenated alkanes) is 2. The van der Waals surface area contributed by atoms with Crippen LogP contribution in [0.15, 0.2) is 24.3 Å². The first-order valence-electron chi connectivity index (χ1n) is 7.35. The SMILES string of the molecule is CCCCCNC(=O)C1CC(C)Nc2ccccc21. The molecule has 0 spiro atoms. The molecular formula is C16H24N2O. The van der Waals surface area contributed by atoms with Crippen LogP contribution in [-0.4, -0.2) is 18.5 Å². The molecule has 0 aromatic heterocycles. The second-order valence-corrected chi connectivity index (χ2v) is 5.42. The maximum absolute atomic E-state index is 12.3. The summed E-state index contributed by atoms with van der Waals surface area (Å²) < 4.78 is 0. The van der Waals surface area contributed by atoms with Gasteiger partial charge in [-0.25, -0.2) is 0 Å². The van der Waals surface area contributed by atoms with Crippen molar-refractivity contribution in [3.8, 4) is 0 Å². The molecule has 19 heavy (non-hydrogen) atoms. The Labute approximate surface area is 115 Å². The van der Waals surface area contributed by atoms with E-state index in [1.807, 2.05) is 12.1 Å². The number of anilines is 1. The molecule has 2 unspecified atom stereocenters. The predicted molar refractivity (Wildman–Crippen MR) is 79.4 cm³/mol. The van der Waals surface area contributed by atoms with Crippen molar-refractivity contribution in [3.05, 3.63) is 29.8 Å². The number of carbonyl (C=O) groups is 1. The summed E-state index contributed by atoms with van der Waals surface area (Å²) in [5.74, 6) is 0.172. The Kier molecular flexibility index (Phi) is 4.83. The molecule has 2 atom stereocenters. The van der Waals surface area contributed by atoms with Crippen LogP contribution in [-0.2, 0) is 4.79 Å². The van der Waals surface area contributed by atoms with E-state index in [0.717, 1.165) is 30.6 Å². The van der Waals surface area contributed by atoms with E-state index < -0.39 is 0 Å². The van der Waals surface area contributed by atoms with Crippen molar-refractivity contribution < 1.29 is 4.79 Å². The summed E-state index contributed by atoms with van der Waals surface area (Å²) in [7, 11) is 0. The zero-order valence-electron chi connectivity index (χ0n) is 11.9. The predicted octanol–water partition coefficient (Wildman–Crippen LogP) is 3.28. The first-order valence-corrected chi connectivity index (χ1v) is 7.35. The lowest BCUT2D eigenvalue weighted by molar-refractivity contribution is -0.122. The van der Waals surface area contributed by atoms with Crippen molar-refractivity contribution in [1.82, 2.24) is 5.32 Å². The number of benzene rings is 1. The van der Waals surface area contributed by atoms with Gasteiger partial charge >= 0.3 is 0 Å². The van der Waals surface area contributed by atoms with Gasteiger partial charge in [0.25, 0.3) is 0 Å². The van der Waals surface area contributed by atoms with Gasteiger partial charge < -0.3 is 10.6 Å². The Morgan fingerprint density at radius 1 is 1.37 bits per heavy atom. The first-order chi connectivity index (χ1) is 9.22. The van der Waals surface area contributed by atoms with Gasteiger partial charge in [-0.2, -0.15) is 0 Å². The second-order valence-electron chi connectivity index (χ2n) is 5.42. The number of hydrogen-bond donors (Lipinski definition) is 2. The second kappa shape index (κ2) is 6.60. The molecule has 0 saturated heterocycles. The third-order valence-corrected chi connectivity index (χ3v) is 3.72. The summed E-state index contributed by atoms with van der Waals surface area (Å²) in [5, 5.41) is 6.52. The molecule has 0 aliphatic carbocycles. The molecular weight excluding hydrogens is 236 g/mol. The summed E-state index contributed by atoms with van der Waals surface area (Å²) in [4.78, 5) is 12.3. The Morgan fingerprint density at radius 2 is 2.16 bits per heavy atom. The molecule has 0 saturated carbocycles. The highest BCUT2D eigenvalue weighted by molar-refractivity contribution is 5.86. The molecule has 1 aliphatic heterocycles. The van der Waals surface area contributed by atoms with Gasteiger partial charge in [0.05, 0.1) is 5.92 Å². The fourth-order valence-corrected chi connectivity index (χ4v) is 2.70. The minimum Gasteiger partial charge on any atom is -0.382 e. The minimum absolute atomic E-state index is 0.00548. The molecule has 1 amide bonds. The van der Waals surface area contributed by atoms with Crippen LogP contribution in [0, 0.1) is 0 Å². The normalized spacial score (nSPS) is 21.4. The van der Waals surface area contributed by atoms with Crippen LogP contribution in [0.4, 0.5) is 5.69 Å². The van der Waals surface area contributed by atoms with Gasteiger partial charge in [0.1, 0.15) is 0 Å². The Morgan fingerprint density at radius 3 is 2.95 bits per heavy atom. The molecule has 1 aromatic rings. The van der Waals surface area contributed by atoms with E-state index in [1.165, 1.54) is 12.8 Å². The number of hydrogen-bond acceptors (Lipinski definition) is 2. The van der Waals surface area contributed by atoms with Crippen LogP contribution in [0.5, 0.6) is 0 Å². The smallest absolute Gasteiger partial charge is 0.227 e. The fourth-order valence-electron chi connectivity index (χ4n) is 2.70. The summed E-state index contributed by atoms with van der Waals surface area (Å²) in [6.45, 7) is 5.10. The molecule has 0 fully saturated rings. The van der Waals surface area contributed by atoms with Gasteiger partial charge in [-0.15, -0.1) is 0 Å². The summed E-state index contributed by atoms with van der Waals surface area (Å²) in [6.07, 6.45) is 4.31. The van der Waals surface area contributed by atoms with E-state index in [2.05, 4.69) is 36.6 Å². The van der Waals surface area contributed by atoms with Crippen molar-refractivity contribution in [2.75, 3.05) is 11.9 Å². The molecule has 2 N–H and O–H groups in total. The van der Waals surface area contributed by atoms with E-state index in [0.29, 0.717) is 6.04 Å². The van der Waals surface area contributed by atoms with Crippen molar-refractivity contribution in [2.45, 2.75) is 51.5 Å². The van der Waals surface area contributed by atoms with Gasteiger partial charge in [0.2, 0.25) is 5.91 Å². The van der Waals surface area contributed by atoms with E-state index in [1.54, 1.807) is 0 Å². The van der Waals surface area contributed by atoms with Crippen molar-refractivity contribution in [3.63, 3.8) is 0 Å². The van der Waals surface area contributed by atoms with Gasteiger partial charge in [-0.1, -0.05) is 38.0 Å². The van der Waals surface area contributed by atoms with Crippen LogP contribution >= 0.6 is 0 Å². The first kappa shape index (κ1) is 13.9. The van der Waals surface area contributed by atoms with E-state index in [-0.39, 0.29) is 11.8 Å². The lowest BCUT2D eigenvalue weighted by Crippen LogP contribution is -2.36. The number of fused-ring (bicyclic) bond motifs is 1. The standard InChI is InChI=1S/C16H24N2O/c1-3-4-7-10-17-16(19)14-11-12(2)18-15-9-6-5-8-13(14)15/h5-6,8-9,12,14,18H,3-4,7,10-11H2,1-2H3,(H,17,19). The Balaban J connectivity index is 2.01. The van der Waals surface area contributed by atoms with Crippen LogP contribution in [0.25, 0.3) is 0 Å². The van der Waals surface area contributed by atoms with Crippen LogP contribution in [0.1, 0.15) is 51.0 Å². The summed E-state index contributed by atoms with van der Waals surface area (Å²) in [6, 6.07) is 8.49. The molecule has 0 bridgehead atoms. The molecule has 0 radical (unpaired) electrons. The number of amides is 1. The number of nitrogens with one attached hydrogen (secondary N) is 2. The number of rotatable bonds is 5. The molecule has 1 heterocycles. The zero-order chi connectivity index (χ0) is 13.7. The van der Waals surface area contributed by atoms with E-state index in [9.17, 15) is 4.79 Å². The molecule has 3 nitrogen and oxygen atoms in total. The van der Waals surface area contributed by atoms with E-state index in [4.69, 9.17) is 0 Å². The van der Waals surface area contributed by atoms with Crippen molar-refractivity contribution in [1.29, 1.82) is 0 Å². The van der Waals surface area contributed by atoms with Gasteiger partial charge in [0.15, 0.2) is 0 Å². The van der Waals surface area contributed by atoms with Crippen LogP contribution in [0.3, 0.4) is 0 Å². The molecule has 2 rings (SSSR count). The maximum atomic E-state index is 12.3. The number of para-hydroxylation sites is 1. The van der Waals surface area contributed by atoms with Gasteiger partial charge in [-0.05, 0) is 31.4 Å². The zero-order valence-corrected chi connectivity index (χ0v) is 11.9. The molecule has 104 valence electrons. The highest BCUT2D eigenvalue weighted by Gasteiger charge is 2.28. The van der Waals surface area contributed by atoms with Crippen molar-refractivity contribution in [2.24, 2.45) is 0 Å². The molecule has 3 heteroatoms. The average molecular weight is 260 g/mol.